The van der Waals surface area contributed by atoms with E-state index in [4.69, 9.17) is 4.74 Å². The van der Waals surface area contributed by atoms with Crippen molar-refractivity contribution in [2.45, 2.75) is 60.0 Å². The highest BCUT2D eigenvalue weighted by Crippen LogP contribution is 2.23. The number of likely N-dealkylation sites (tertiary alicyclic amines) is 1. The Hall–Kier alpha value is -1.10. The van der Waals surface area contributed by atoms with E-state index in [1.807, 2.05) is 39.5 Å². The molecule has 0 aliphatic carbocycles. The maximum absolute atomic E-state index is 12.2. The molecule has 22 heavy (non-hydrogen) atoms. The molecule has 0 saturated carbocycles. The molecule has 1 N–H and O–H groups in total. The molecule has 0 unspecified atom stereocenters. The summed E-state index contributed by atoms with van der Waals surface area (Å²) in [5.41, 5.74) is -0.342. The van der Waals surface area contributed by atoms with Gasteiger partial charge in [0.25, 0.3) is 0 Å². The molecule has 5 heteroatoms. The molecule has 0 radical (unpaired) electrons. The van der Waals surface area contributed by atoms with Gasteiger partial charge in [0.1, 0.15) is 0 Å². The third-order valence-corrected chi connectivity index (χ3v) is 3.87. The van der Waals surface area contributed by atoms with Crippen LogP contribution in [0, 0.1) is 11.3 Å². The lowest BCUT2D eigenvalue weighted by molar-refractivity contribution is -0.142. The van der Waals surface area contributed by atoms with Crippen molar-refractivity contribution in [2.75, 3.05) is 26.2 Å². The molecule has 0 aromatic carbocycles. The predicted octanol–water partition coefficient (Wildman–Crippen LogP) is 2.20. The van der Waals surface area contributed by atoms with E-state index in [0.29, 0.717) is 26.2 Å². The van der Waals surface area contributed by atoms with Crippen LogP contribution >= 0.6 is 0 Å². The minimum atomic E-state index is -0.342. The number of ether oxygens (including phenoxy) is 1. The van der Waals surface area contributed by atoms with Crippen molar-refractivity contribution >= 4 is 11.8 Å². The number of nitrogens with one attached hydrogen (secondary N) is 1. The molecule has 0 aromatic rings. The van der Waals surface area contributed by atoms with Crippen molar-refractivity contribution in [1.29, 1.82) is 0 Å². The van der Waals surface area contributed by atoms with Crippen molar-refractivity contribution in [3.05, 3.63) is 0 Å². The van der Waals surface area contributed by atoms with Gasteiger partial charge in [-0.2, -0.15) is 0 Å². The molecule has 0 bridgehead atoms. The minimum absolute atomic E-state index is 0.0371. The van der Waals surface area contributed by atoms with Crippen molar-refractivity contribution in [1.82, 2.24) is 10.2 Å². The van der Waals surface area contributed by atoms with Gasteiger partial charge in [-0.05, 0) is 33.1 Å². The SMILES string of the molecule is CC(C)OCCCNC(=O)C1CCN(C(=O)C(C)(C)C)CC1. The first-order valence-electron chi connectivity index (χ1n) is 8.40. The van der Waals surface area contributed by atoms with E-state index < -0.39 is 0 Å². The van der Waals surface area contributed by atoms with Gasteiger partial charge in [0.2, 0.25) is 11.8 Å². The first-order chi connectivity index (χ1) is 10.2. The van der Waals surface area contributed by atoms with Gasteiger partial charge in [-0.25, -0.2) is 0 Å². The summed E-state index contributed by atoms with van der Waals surface area (Å²) < 4.78 is 5.45. The van der Waals surface area contributed by atoms with E-state index in [9.17, 15) is 9.59 Å². The second-order valence-electron chi connectivity index (χ2n) is 7.38. The van der Waals surface area contributed by atoms with Gasteiger partial charge in [0.15, 0.2) is 0 Å². The third-order valence-electron chi connectivity index (χ3n) is 3.87. The van der Waals surface area contributed by atoms with Gasteiger partial charge in [0.05, 0.1) is 6.10 Å². The number of hydrogen-bond acceptors (Lipinski definition) is 3. The Balaban J connectivity index is 2.24. The van der Waals surface area contributed by atoms with Crippen LogP contribution in [0.3, 0.4) is 0 Å². The Labute approximate surface area is 134 Å². The first kappa shape index (κ1) is 18.9. The largest absolute Gasteiger partial charge is 0.379 e. The molecule has 5 nitrogen and oxygen atoms in total. The van der Waals surface area contributed by atoms with Crippen molar-refractivity contribution < 1.29 is 14.3 Å². The number of carbonyl (C=O) groups is 2. The van der Waals surface area contributed by atoms with Crippen molar-refractivity contribution in [3.63, 3.8) is 0 Å². The Kier molecular flexibility index (Phi) is 7.33. The number of carbonyl (C=O) groups excluding carboxylic acids is 2. The molecule has 0 aromatic heterocycles. The molecule has 0 atom stereocenters. The van der Waals surface area contributed by atoms with Crippen molar-refractivity contribution in [2.24, 2.45) is 11.3 Å². The molecule has 2 amide bonds. The van der Waals surface area contributed by atoms with Gasteiger partial charge < -0.3 is 15.0 Å². The molecular formula is C17H32N2O3. The number of hydrogen-bond donors (Lipinski definition) is 1. The lowest BCUT2D eigenvalue weighted by Crippen LogP contribution is -2.46. The van der Waals surface area contributed by atoms with Crippen molar-refractivity contribution in [3.8, 4) is 0 Å². The topological polar surface area (TPSA) is 58.6 Å². The molecule has 128 valence electrons. The molecule has 1 fully saturated rings. The monoisotopic (exact) mass is 312 g/mol. The van der Waals surface area contributed by atoms with Gasteiger partial charge in [-0.1, -0.05) is 20.8 Å². The Bertz CT molecular complexity index is 367. The zero-order chi connectivity index (χ0) is 16.8. The second-order valence-corrected chi connectivity index (χ2v) is 7.38. The van der Waals surface area contributed by atoms with Crippen LogP contribution in [0.5, 0.6) is 0 Å². The Morgan fingerprint density at radius 3 is 2.32 bits per heavy atom. The second kappa shape index (κ2) is 8.51. The fourth-order valence-corrected chi connectivity index (χ4v) is 2.57. The molecule has 1 rings (SSSR count). The average molecular weight is 312 g/mol. The fourth-order valence-electron chi connectivity index (χ4n) is 2.57. The summed E-state index contributed by atoms with van der Waals surface area (Å²) in [6.45, 7) is 12.5. The summed E-state index contributed by atoms with van der Waals surface area (Å²) in [6, 6.07) is 0. The van der Waals surface area contributed by atoms with Gasteiger partial charge in [-0.15, -0.1) is 0 Å². The molecule has 0 spiro atoms. The lowest BCUT2D eigenvalue weighted by Gasteiger charge is -2.35. The van der Waals surface area contributed by atoms with Crippen LogP contribution in [0.25, 0.3) is 0 Å². The fraction of sp³-hybridized carbons (Fsp3) is 0.882. The summed E-state index contributed by atoms with van der Waals surface area (Å²) in [5.74, 6) is 0.333. The quantitative estimate of drug-likeness (QED) is 0.765. The predicted molar refractivity (Wildman–Crippen MR) is 87.5 cm³/mol. The summed E-state index contributed by atoms with van der Waals surface area (Å²) in [4.78, 5) is 26.2. The zero-order valence-corrected chi connectivity index (χ0v) is 14.8. The van der Waals surface area contributed by atoms with Crippen LogP contribution in [0.4, 0.5) is 0 Å². The normalized spacial score (nSPS) is 16.9. The van der Waals surface area contributed by atoms with Gasteiger partial charge >= 0.3 is 0 Å². The third kappa shape index (κ3) is 6.34. The lowest BCUT2D eigenvalue weighted by atomic mass is 9.90. The average Bonchev–Trinajstić information content (AvgIpc) is 2.44. The summed E-state index contributed by atoms with van der Waals surface area (Å²) in [7, 11) is 0. The number of amides is 2. The molecular weight excluding hydrogens is 280 g/mol. The highest BCUT2D eigenvalue weighted by molar-refractivity contribution is 5.82. The van der Waals surface area contributed by atoms with E-state index in [1.54, 1.807) is 0 Å². The zero-order valence-electron chi connectivity index (χ0n) is 14.8. The van der Waals surface area contributed by atoms with E-state index >= 15 is 0 Å². The number of piperidine rings is 1. The van der Waals surface area contributed by atoms with Gasteiger partial charge in [0, 0.05) is 37.6 Å². The maximum atomic E-state index is 12.2. The summed E-state index contributed by atoms with van der Waals surface area (Å²) in [5, 5.41) is 2.98. The highest BCUT2D eigenvalue weighted by Gasteiger charge is 2.32. The van der Waals surface area contributed by atoms with Crippen LogP contribution in [-0.4, -0.2) is 49.1 Å². The van der Waals surface area contributed by atoms with E-state index in [0.717, 1.165) is 19.3 Å². The van der Waals surface area contributed by atoms with Crippen LogP contribution in [0.1, 0.15) is 53.9 Å². The summed E-state index contributed by atoms with van der Waals surface area (Å²) >= 11 is 0. The molecule has 1 aliphatic heterocycles. The molecule has 1 heterocycles. The smallest absolute Gasteiger partial charge is 0.227 e. The van der Waals surface area contributed by atoms with Gasteiger partial charge in [-0.3, -0.25) is 9.59 Å². The molecule has 1 saturated heterocycles. The van der Waals surface area contributed by atoms with Crippen LogP contribution < -0.4 is 5.32 Å². The highest BCUT2D eigenvalue weighted by atomic mass is 16.5. The molecule has 1 aliphatic rings. The first-order valence-corrected chi connectivity index (χ1v) is 8.40. The minimum Gasteiger partial charge on any atom is -0.379 e. The summed E-state index contributed by atoms with van der Waals surface area (Å²) in [6.07, 6.45) is 2.60. The van der Waals surface area contributed by atoms with E-state index in [-0.39, 0.29) is 29.3 Å². The Morgan fingerprint density at radius 1 is 1.23 bits per heavy atom. The van der Waals surface area contributed by atoms with E-state index in [1.165, 1.54) is 0 Å². The number of rotatable bonds is 6. The Morgan fingerprint density at radius 2 is 1.82 bits per heavy atom. The van der Waals surface area contributed by atoms with E-state index in [2.05, 4.69) is 5.32 Å². The maximum Gasteiger partial charge on any atom is 0.227 e. The number of nitrogens with zero attached hydrogens (tertiary/aromatic N) is 1. The van der Waals surface area contributed by atoms with Crippen LogP contribution in [0.2, 0.25) is 0 Å². The standard InChI is InChI=1S/C17H32N2O3/c1-13(2)22-12-6-9-18-15(20)14-7-10-19(11-8-14)16(21)17(3,4)5/h13-14H,6-12H2,1-5H3,(H,18,20). The van der Waals surface area contributed by atoms with Crippen LogP contribution in [-0.2, 0) is 14.3 Å². The van der Waals surface area contributed by atoms with Crippen LogP contribution in [0.15, 0.2) is 0 Å².